The van der Waals surface area contributed by atoms with Crippen LogP contribution in [0.15, 0.2) is 0 Å². The molecule has 0 bridgehead atoms. The maximum atomic E-state index is 13.1. The number of carbonyl (C=O) groups is 1. The van der Waals surface area contributed by atoms with Crippen LogP contribution in [0.4, 0.5) is 13.2 Å². The number of halogens is 3. The first-order valence-electron chi connectivity index (χ1n) is 7.20. The van der Waals surface area contributed by atoms with E-state index in [1.165, 1.54) is 4.90 Å². The normalized spacial score (nSPS) is 19.0. The average Bonchev–Trinajstić information content (AvgIpc) is 2.38. The lowest BCUT2D eigenvalue weighted by Crippen LogP contribution is -2.58. The molecule has 0 aliphatic carbocycles. The second-order valence-electron chi connectivity index (χ2n) is 5.66. The topological polar surface area (TPSA) is 47.6 Å². The van der Waals surface area contributed by atoms with Crippen molar-refractivity contribution in [3.8, 4) is 0 Å². The van der Waals surface area contributed by atoms with Crippen molar-refractivity contribution in [1.82, 2.24) is 20.4 Å². The van der Waals surface area contributed by atoms with Crippen molar-refractivity contribution in [2.75, 3.05) is 46.3 Å². The highest BCUT2D eigenvalue weighted by molar-refractivity contribution is 5.78. The molecule has 1 aliphatic rings. The lowest BCUT2D eigenvalue weighted by atomic mass is 10.2. The van der Waals surface area contributed by atoms with Crippen LogP contribution in [-0.2, 0) is 4.79 Å². The number of piperazine rings is 1. The summed E-state index contributed by atoms with van der Waals surface area (Å²) in [5, 5.41) is 5.43. The van der Waals surface area contributed by atoms with E-state index >= 15 is 0 Å². The molecule has 21 heavy (non-hydrogen) atoms. The van der Waals surface area contributed by atoms with Crippen LogP contribution in [-0.4, -0.2) is 80.3 Å². The Morgan fingerprint density at radius 1 is 1.33 bits per heavy atom. The molecule has 1 saturated heterocycles. The standard InChI is InChI=1S/C13H25F3N4O/c1-10(2)19(3)9-12(21)18-8-11(13(14,15)16)20-6-4-17-5-7-20/h10-11,17H,4-9H2,1-3H3,(H,18,21). The molecule has 0 spiro atoms. The third-order valence-electron chi connectivity index (χ3n) is 3.74. The van der Waals surface area contributed by atoms with Gasteiger partial charge >= 0.3 is 6.18 Å². The smallest absolute Gasteiger partial charge is 0.353 e. The van der Waals surface area contributed by atoms with Gasteiger partial charge in [0, 0.05) is 38.8 Å². The molecule has 1 atom stereocenters. The molecule has 1 rings (SSSR count). The van der Waals surface area contributed by atoms with Gasteiger partial charge in [-0.2, -0.15) is 13.2 Å². The van der Waals surface area contributed by atoms with Gasteiger partial charge in [0.25, 0.3) is 0 Å². The first-order chi connectivity index (χ1) is 9.71. The van der Waals surface area contributed by atoms with Crippen LogP contribution in [0.25, 0.3) is 0 Å². The summed E-state index contributed by atoms with van der Waals surface area (Å²) < 4.78 is 39.4. The molecule has 1 aliphatic heterocycles. The third kappa shape index (κ3) is 6.19. The van der Waals surface area contributed by atoms with Gasteiger partial charge in [0.15, 0.2) is 0 Å². The lowest BCUT2D eigenvalue weighted by Gasteiger charge is -2.36. The average molecular weight is 310 g/mol. The highest BCUT2D eigenvalue weighted by Gasteiger charge is 2.43. The first-order valence-corrected chi connectivity index (χ1v) is 7.20. The molecule has 0 aromatic carbocycles. The summed E-state index contributed by atoms with van der Waals surface area (Å²) in [6, 6.07) is -1.45. The molecule has 1 unspecified atom stereocenters. The van der Waals surface area contributed by atoms with Crippen molar-refractivity contribution in [2.24, 2.45) is 0 Å². The van der Waals surface area contributed by atoms with Gasteiger partial charge in [-0.15, -0.1) is 0 Å². The molecule has 1 heterocycles. The Bertz CT molecular complexity index is 330. The summed E-state index contributed by atoms with van der Waals surface area (Å²) in [5.41, 5.74) is 0. The minimum atomic E-state index is -4.34. The fraction of sp³-hybridized carbons (Fsp3) is 0.923. The Morgan fingerprint density at radius 3 is 2.38 bits per heavy atom. The van der Waals surface area contributed by atoms with Crippen LogP contribution >= 0.6 is 0 Å². The number of likely N-dealkylation sites (N-methyl/N-ethyl adjacent to an activating group) is 1. The van der Waals surface area contributed by atoms with Gasteiger partial charge in [-0.3, -0.25) is 14.6 Å². The highest BCUT2D eigenvalue weighted by Crippen LogP contribution is 2.24. The van der Waals surface area contributed by atoms with Crippen molar-refractivity contribution in [3.63, 3.8) is 0 Å². The predicted octanol–water partition coefficient (Wildman–Crippen LogP) is 0.279. The molecule has 124 valence electrons. The summed E-state index contributed by atoms with van der Waals surface area (Å²) in [6.07, 6.45) is -4.34. The second kappa shape index (κ2) is 7.95. The molecule has 1 fully saturated rings. The van der Waals surface area contributed by atoms with Crippen LogP contribution in [0.3, 0.4) is 0 Å². The van der Waals surface area contributed by atoms with Gasteiger partial charge in [0.1, 0.15) is 6.04 Å². The van der Waals surface area contributed by atoms with Crippen molar-refractivity contribution < 1.29 is 18.0 Å². The maximum Gasteiger partial charge on any atom is 0.405 e. The largest absolute Gasteiger partial charge is 0.405 e. The van der Waals surface area contributed by atoms with Gasteiger partial charge in [0.2, 0.25) is 5.91 Å². The minimum Gasteiger partial charge on any atom is -0.353 e. The maximum absolute atomic E-state index is 13.1. The van der Waals surface area contributed by atoms with Gasteiger partial charge < -0.3 is 10.6 Å². The zero-order valence-electron chi connectivity index (χ0n) is 12.8. The Labute approximate surface area is 123 Å². The lowest BCUT2D eigenvalue weighted by molar-refractivity contribution is -0.184. The number of hydrogen-bond donors (Lipinski definition) is 2. The number of hydrogen-bond acceptors (Lipinski definition) is 4. The quantitative estimate of drug-likeness (QED) is 0.740. The summed E-state index contributed by atoms with van der Waals surface area (Å²) in [5.74, 6) is -0.379. The summed E-state index contributed by atoms with van der Waals surface area (Å²) in [7, 11) is 1.77. The van der Waals surface area contributed by atoms with Crippen molar-refractivity contribution in [1.29, 1.82) is 0 Å². The fourth-order valence-electron chi connectivity index (χ4n) is 2.12. The van der Waals surface area contributed by atoms with E-state index in [9.17, 15) is 18.0 Å². The van der Waals surface area contributed by atoms with Crippen molar-refractivity contribution in [2.45, 2.75) is 32.1 Å². The molecule has 0 aromatic rings. The Morgan fingerprint density at radius 2 is 1.90 bits per heavy atom. The Balaban J connectivity index is 2.51. The molecule has 0 radical (unpaired) electrons. The van der Waals surface area contributed by atoms with Crippen LogP contribution in [0.1, 0.15) is 13.8 Å². The number of amides is 1. The van der Waals surface area contributed by atoms with E-state index in [1.807, 2.05) is 13.8 Å². The number of carbonyl (C=O) groups excluding carboxylic acids is 1. The molecule has 1 amide bonds. The van der Waals surface area contributed by atoms with Crippen LogP contribution in [0, 0.1) is 0 Å². The van der Waals surface area contributed by atoms with E-state index in [-0.39, 0.29) is 18.5 Å². The van der Waals surface area contributed by atoms with E-state index < -0.39 is 18.8 Å². The molecule has 0 aromatic heterocycles. The molecular weight excluding hydrogens is 285 g/mol. The molecule has 5 nitrogen and oxygen atoms in total. The molecule has 8 heteroatoms. The minimum absolute atomic E-state index is 0.101. The highest BCUT2D eigenvalue weighted by atomic mass is 19.4. The number of rotatable bonds is 6. The molecular formula is C13H25F3N4O. The van der Waals surface area contributed by atoms with Crippen molar-refractivity contribution >= 4 is 5.91 Å². The van der Waals surface area contributed by atoms with Gasteiger partial charge in [-0.05, 0) is 20.9 Å². The zero-order chi connectivity index (χ0) is 16.0. The Kier molecular flexibility index (Phi) is 6.89. The first kappa shape index (κ1) is 18.2. The van der Waals surface area contributed by atoms with E-state index in [1.54, 1.807) is 11.9 Å². The van der Waals surface area contributed by atoms with Crippen molar-refractivity contribution in [3.05, 3.63) is 0 Å². The van der Waals surface area contributed by atoms with Crippen LogP contribution < -0.4 is 10.6 Å². The predicted molar refractivity (Wildman–Crippen MR) is 75.1 cm³/mol. The monoisotopic (exact) mass is 310 g/mol. The number of alkyl halides is 3. The molecule has 0 saturated carbocycles. The van der Waals surface area contributed by atoms with Gasteiger partial charge in [0.05, 0.1) is 6.54 Å². The van der Waals surface area contributed by atoms with Crippen LogP contribution in [0.5, 0.6) is 0 Å². The van der Waals surface area contributed by atoms with Gasteiger partial charge in [-0.25, -0.2) is 0 Å². The third-order valence-corrected chi connectivity index (χ3v) is 3.74. The van der Waals surface area contributed by atoms with E-state index in [0.29, 0.717) is 26.2 Å². The SMILES string of the molecule is CC(C)N(C)CC(=O)NCC(N1CCNCC1)C(F)(F)F. The van der Waals surface area contributed by atoms with Crippen LogP contribution in [0.2, 0.25) is 0 Å². The Hall–Kier alpha value is -0.860. The van der Waals surface area contributed by atoms with E-state index in [0.717, 1.165) is 0 Å². The summed E-state index contributed by atoms with van der Waals surface area (Å²) in [6.45, 7) is 5.31. The summed E-state index contributed by atoms with van der Waals surface area (Å²) >= 11 is 0. The molecule has 2 N–H and O–H groups in total. The van der Waals surface area contributed by atoms with Gasteiger partial charge in [-0.1, -0.05) is 0 Å². The number of nitrogens with zero attached hydrogens (tertiary/aromatic N) is 2. The fourth-order valence-corrected chi connectivity index (χ4v) is 2.12. The number of nitrogens with one attached hydrogen (secondary N) is 2. The van der Waals surface area contributed by atoms with E-state index in [4.69, 9.17) is 0 Å². The van der Waals surface area contributed by atoms with E-state index in [2.05, 4.69) is 10.6 Å². The second-order valence-corrected chi connectivity index (χ2v) is 5.66. The summed E-state index contributed by atoms with van der Waals surface area (Å²) in [4.78, 5) is 14.9. The zero-order valence-corrected chi connectivity index (χ0v) is 12.8.